The Morgan fingerprint density at radius 2 is 1.97 bits per heavy atom. The molecule has 2 atom stereocenters. The Bertz CT molecular complexity index is 1440. The number of methoxy groups -OCH3 is 1. The van der Waals surface area contributed by atoms with Crippen LogP contribution in [-0.4, -0.2) is 79.9 Å². The van der Waals surface area contributed by atoms with Crippen molar-refractivity contribution in [3.8, 4) is 5.75 Å². The number of nitrogens with two attached hydrogens (primary N) is 1. The van der Waals surface area contributed by atoms with E-state index in [1.165, 1.54) is 32.3 Å². The molecule has 0 radical (unpaired) electrons. The number of ether oxygens (including phenoxy) is 1. The Morgan fingerprint density at radius 3 is 2.74 bits per heavy atom. The number of hydrogen-bond donors (Lipinski definition) is 1. The van der Waals surface area contributed by atoms with E-state index in [1.54, 1.807) is 38.7 Å². The van der Waals surface area contributed by atoms with Crippen LogP contribution in [0.1, 0.15) is 43.5 Å². The third-order valence-corrected chi connectivity index (χ3v) is 9.24. The molecule has 38 heavy (non-hydrogen) atoms. The predicted molar refractivity (Wildman–Crippen MR) is 142 cm³/mol. The lowest BCUT2D eigenvalue weighted by molar-refractivity contribution is -0.471. The number of hydrogen-bond acceptors (Lipinski definition) is 6. The van der Waals surface area contributed by atoms with Crippen molar-refractivity contribution in [2.75, 3.05) is 47.4 Å². The van der Waals surface area contributed by atoms with Crippen LogP contribution in [0, 0.1) is 5.92 Å². The zero-order chi connectivity index (χ0) is 25.8. The number of primary amides is 1. The average molecular weight is 555 g/mol. The molecule has 1 fully saturated rings. The van der Waals surface area contributed by atoms with E-state index in [0.29, 0.717) is 41.1 Å². The minimum absolute atomic E-state index is 0. The molecule has 4 amide bonds. The number of amides is 4. The normalized spacial score (nSPS) is 20.6. The molecular formula is C28H31ClN4O4S. The molecule has 1 aromatic heterocycles. The number of rotatable bonds is 5. The Balaban J connectivity index is 0.00000294. The number of benzene rings is 2. The van der Waals surface area contributed by atoms with Gasteiger partial charge in [-0.25, -0.2) is 15.0 Å². The lowest BCUT2D eigenvalue weighted by atomic mass is 9.77. The summed E-state index contributed by atoms with van der Waals surface area (Å²) in [6.07, 6.45) is 2.16. The van der Waals surface area contributed by atoms with Crippen LogP contribution in [0.2, 0.25) is 0 Å². The van der Waals surface area contributed by atoms with Gasteiger partial charge in [-0.3, -0.25) is 9.59 Å². The maximum Gasteiger partial charge on any atom is 0.428 e. The summed E-state index contributed by atoms with van der Waals surface area (Å²) in [5, 5.41) is 2.35. The Kier molecular flexibility index (Phi) is 7.21. The van der Waals surface area contributed by atoms with Crippen molar-refractivity contribution in [2.24, 2.45) is 5.92 Å². The molecule has 10 heteroatoms. The molecular weight excluding hydrogens is 524 g/mol. The summed E-state index contributed by atoms with van der Waals surface area (Å²) in [6, 6.07) is 11.5. The highest BCUT2D eigenvalue weighted by Crippen LogP contribution is 2.44. The third kappa shape index (κ3) is 4.37. The van der Waals surface area contributed by atoms with E-state index in [4.69, 9.17) is 4.74 Å². The molecule has 0 unspecified atom stereocenters. The highest BCUT2D eigenvalue weighted by molar-refractivity contribution is 7.21. The van der Waals surface area contributed by atoms with Gasteiger partial charge in [0.25, 0.3) is 11.8 Å². The molecule has 2 aliphatic heterocycles. The maximum absolute atomic E-state index is 13.4. The highest BCUT2D eigenvalue weighted by atomic mass is 35.5. The van der Waals surface area contributed by atoms with Crippen LogP contribution in [0.5, 0.6) is 5.75 Å². The quantitative estimate of drug-likeness (QED) is 0.482. The summed E-state index contributed by atoms with van der Waals surface area (Å²) in [6.45, 7) is 2.95. The minimum atomic E-state index is -0.284. The molecule has 3 aliphatic rings. The van der Waals surface area contributed by atoms with E-state index in [-0.39, 0.29) is 30.3 Å². The number of carbonyl (C=O) groups excluding carboxylic acids is 3. The summed E-state index contributed by atoms with van der Waals surface area (Å²) >= 11 is 1.39. The SMILES string of the molecule is COc1cccc2c1CC[C@H]1CN(CCN3C(=O)[NH2+]c4c(sc5ccc(C(=O)N(C)C)cc45)C3=O)C[C@@H]21.[Cl-]. The second-order valence-corrected chi connectivity index (χ2v) is 11.4. The van der Waals surface area contributed by atoms with Gasteiger partial charge in [0.05, 0.1) is 12.5 Å². The van der Waals surface area contributed by atoms with Gasteiger partial charge in [-0.1, -0.05) is 12.1 Å². The first-order valence-electron chi connectivity index (χ1n) is 12.7. The summed E-state index contributed by atoms with van der Waals surface area (Å²) in [4.78, 5) is 44.8. The first-order chi connectivity index (χ1) is 17.9. The number of fused-ring (bicyclic) bond motifs is 6. The number of halogens is 1. The zero-order valence-electron chi connectivity index (χ0n) is 21.7. The summed E-state index contributed by atoms with van der Waals surface area (Å²) in [5.74, 6) is 1.69. The molecule has 2 aromatic carbocycles. The first-order valence-corrected chi connectivity index (χ1v) is 13.5. The number of quaternary nitrogens is 1. The fourth-order valence-electron chi connectivity index (χ4n) is 6.19. The minimum Gasteiger partial charge on any atom is -1.00 e. The molecule has 1 saturated heterocycles. The molecule has 1 aliphatic carbocycles. The molecule has 8 nitrogen and oxygen atoms in total. The standard InChI is InChI=1S/C28H30N4O4S.ClH/c1-30(2)26(33)16-8-10-23-20(13-16)24-25(37-23)27(34)32(28(35)29-24)12-11-31-14-17-7-9-19-18(21(17)15-31)5-4-6-22(19)36-3;/h4-6,8,10,13,17,21H,7,9,11-12,14-15H2,1-3H3,(H,29,35);1H/t17-,21+;/m0./s1. The summed E-state index contributed by atoms with van der Waals surface area (Å²) in [7, 11) is 5.14. The van der Waals surface area contributed by atoms with E-state index in [2.05, 4.69) is 17.0 Å². The van der Waals surface area contributed by atoms with Gasteiger partial charge in [-0.05, 0) is 54.2 Å². The van der Waals surface area contributed by atoms with Gasteiger partial charge in [0.15, 0.2) is 10.6 Å². The van der Waals surface area contributed by atoms with Gasteiger partial charge < -0.3 is 26.9 Å². The van der Waals surface area contributed by atoms with Gasteiger partial charge in [-0.15, -0.1) is 11.3 Å². The number of likely N-dealkylation sites (tertiary alicyclic amines) is 1. The Hall–Kier alpha value is -2.98. The summed E-state index contributed by atoms with van der Waals surface area (Å²) in [5.41, 5.74) is 3.90. The van der Waals surface area contributed by atoms with E-state index in [0.717, 1.165) is 41.8 Å². The van der Waals surface area contributed by atoms with Crippen molar-refractivity contribution >= 4 is 45.0 Å². The molecule has 200 valence electrons. The molecule has 2 N–H and O–H groups in total. The van der Waals surface area contributed by atoms with Crippen LogP contribution in [0.3, 0.4) is 0 Å². The second kappa shape index (κ2) is 10.3. The molecule has 0 spiro atoms. The van der Waals surface area contributed by atoms with Gasteiger partial charge in [0.2, 0.25) is 0 Å². The summed E-state index contributed by atoms with van der Waals surface area (Å²) < 4.78 is 6.50. The average Bonchev–Trinajstić information content (AvgIpc) is 3.48. The van der Waals surface area contributed by atoms with Crippen molar-refractivity contribution in [3.05, 3.63) is 58.0 Å². The second-order valence-electron chi connectivity index (χ2n) is 10.4. The fraction of sp³-hybridized carbons (Fsp3) is 0.393. The van der Waals surface area contributed by atoms with Crippen LogP contribution < -0.4 is 22.5 Å². The van der Waals surface area contributed by atoms with E-state index < -0.39 is 0 Å². The van der Waals surface area contributed by atoms with Crippen molar-refractivity contribution < 1.29 is 36.8 Å². The monoisotopic (exact) mass is 554 g/mol. The fourth-order valence-corrected chi connectivity index (χ4v) is 7.31. The van der Waals surface area contributed by atoms with Crippen LogP contribution in [0.15, 0.2) is 36.4 Å². The van der Waals surface area contributed by atoms with Gasteiger partial charge in [0.1, 0.15) is 5.75 Å². The van der Waals surface area contributed by atoms with E-state index in [1.807, 2.05) is 12.1 Å². The van der Waals surface area contributed by atoms with Crippen LogP contribution in [0.25, 0.3) is 10.1 Å². The largest absolute Gasteiger partial charge is 1.00 e. The lowest BCUT2D eigenvalue weighted by Gasteiger charge is -2.28. The van der Waals surface area contributed by atoms with E-state index >= 15 is 0 Å². The van der Waals surface area contributed by atoms with Crippen molar-refractivity contribution in [3.63, 3.8) is 0 Å². The van der Waals surface area contributed by atoms with Gasteiger partial charge >= 0.3 is 6.03 Å². The highest BCUT2D eigenvalue weighted by Gasteiger charge is 2.41. The number of imide groups is 1. The molecule has 3 aromatic rings. The van der Waals surface area contributed by atoms with Crippen molar-refractivity contribution in [2.45, 2.75) is 18.8 Å². The molecule has 3 heterocycles. The Morgan fingerprint density at radius 1 is 1.16 bits per heavy atom. The Labute approximate surface area is 231 Å². The van der Waals surface area contributed by atoms with Crippen LogP contribution in [-0.2, 0) is 6.42 Å². The molecule has 0 saturated carbocycles. The lowest BCUT2D eigenvalue weighted by Crippen LogP contribution is -3.00. The number of carbonyl (C=O) groups is 3. The predicted octanol–water partition coefficient (Wildman–Crippen LogP) is 0.0482. The number of nitrogens with zero attached hydrogens (tertiary/aromatic N) is 3. The molecule has 6 rings (SSSR count). The van der Waals surface area contributed by atoms with Crippen LogP contribution >= 0.6 is 11.3 Å². The van der Waals surface area contributed by atoms with Crippen LogP contribution in [0.4, 0.5) is 10.5 Å². The number of thiophene rings is 1. The topological polar surface area (TPSA) is 86.8 Å². The van der Waals surface area contributed by atoms with Gasteiger partial charge in [0, 0.05) is 56.5 Å². The van der Waals surface area contributed by atoms with E-state index in [9.17, 15) is 14.4 Å². The number of urea groups is 1. The molecule has 0 bridgehead atoms. The van der Waals surface area contributed by atoms with Gasteiger partial charge in [-0.2, -0.15) is 0 Å². The smallest absolute Gasteiger partial charge is 0.428 e. The third-order valence-electron chi connectivity index (χ3n) is 8.06. The zero-order valence-corrected chi connectivity index (χ0v) is 23.3. The maximum atomic E-state index is 13.4. The first kappa shape index (κ1) is 26.6. The van der Waals surface area contributed by atoms with Crippen molar-refractivity contribution in [1.29, 1.82) is 0 Å². The van der Waals surface area contributed by atoms with Crippen molar-refractivity contribution in [1.82, 2.24) is 14.7 Å².